The summed E-state index contributed by atoms with van der Waals surface area (Å²) >= 11 is 0. The predicted molar refractivity (Wildman–Crippen MR) is 309 cm³/mol. The predicted octanol–water partition coefficient (Wildman–Crippen LogP) is 3.37. The smallest absolute Gasteiger partial charge is 0.297 e. The topological polar surface area (TPSA) is 215 Å². The number of anilines is 1. The Kier molecular flexibility index (Phi) is 32.4. The Balaban J connectivity index is 1.62. The van der Waals surface area contributed by atoms with Crippen LogP contribution in [0.4, 0.5) is 5.69 Å². The van der Waals surface area contributed by atoms with E-state index in [0.717, 1.165) is 36.8 Å². The van der Waals surface area contributed by atoms with Gasteiger partial charge in [0.1, 0.15) is 30.5 Å². The van der Waals surface area contributed by atoms with Gasteiger partial charge >= 0.3 is 0 Å². The molecule has 1 heterocycles. The molecule has 14 nitrogen and oxygen atoms in total. The number of ether oxygens (including phenoxy) is 2. The Hall–Kier alpha value is -8.17. The minimum atomic E-state index is -3.94. The number of amides is 2. The van der Waals surface area contributed by atoms with Gasteiger partial charge < -0.3 is 50.5 Å². The second-order valence-corrected chi connectivity index (χ2v) is 20.3. The molecule has 1 aliphatic rings. The van der Waals surface area contributed by atoms with Crippen LogP contribution in [0.1, 0.15) is 104 Å². The lowest BCUT2D eigenvalue weighted by Gasteiger charge is -2.41. The summed E-state index contributed by atoms with van der Waals surface area (Å²) in [5.74, 6) is 57.3. The van der Waals surface area contributed by atoms with Gasteiger partial charge in [0.05, 0.1) is 29.4 Å². The van der Waals surface area contributed by atoms with Gasteiger partial charge in [-0.15, -0.1) is 0 Å². The van der Waals surface area contributed by atoms with Gasteiger partial charge in [-0.05, 0) is 120 Å². The highest BCUT2D eigenvalue weighted by molar-refractivity contribution is 7.91. The Morgan fingerprint density at radius 1 is 0.637 bits per heavy atom. The van der Waals surface area contributed by atoms with Crippen molar-refractivity contribution in [3.63, 3.8) is 0 Å². The lowest BCUT2D eigenvalue weighted by atomic mass is 9.98. The van der Waals surface area contributed by atoms with Gasteiger partial charge in [0, 0.05) is 85.0 Å². The minimum Gasteiger partial charge on any atom is -0.390 e. The third-order valence-corrected chi connectivity index (χ3v) is 13.7. The third-order valence-electron chi connectivity index (χ3n) is 12.0. The van der Waals surface area contributed by atoms with E-state index in [1.165, 1.54) is 51.0 Å². The number of nitrogens with zero attached hydrogens (tertiary/aromatic N) is 1. The van der Waals surface area contributed by atoms with E-state index in [0.29, 0.717) is 11.8 Å². The van der Waals surface area contributed by atoms with Crippen molar-refractivity contribution >= 4 is 38.1 Å². The fraction of sp³-hybridized carbons (Fsp3) is 0.446. The highest BCUT2D eigenvalue weighted by Crippen LogP contribution is 2.31. The number of unbranched alkanes of at least 4 members (excludes halogenated alkanes) is 11. The molecule has 3 rings (SSSR count). The van der Waals surface area contributed by atoms with Gasteiger partial charge in [0.2, 0.25) is 5.91 Å². The van der Waals surface area contributed by atoms with Crippen LogP contribution in [0, 0.1) is 142 Å². The molecule has 5 unspecified atom stereocenters. The number of hydrogen-bond donors (Lipinski definition) is 7. The summed E-state index contributed by atoms with van der Waals surface area (Å²) in [5, 5.41) is 61.2. The molecule has 7 N–H and O–H groups in total. The first kappa shape index (κ1) is 66.1. The fourth-order valence-corrected chi connectivity index (χ4v) is 9.30. The summed E-state index contributed by atoms with van der Waals surface area (Å²) in [7, 11) is -0.243. The zero-order valence-electron chi connectivity index (χ0n) is 45.6. The quantitative estimate of drug-likeness (QED) is 0.0534. The number of rotatable bonds is 26. The van der Waals surface area contributed by atoms with Crippen molar-refractivity contribution in [2.75, 3.05) is 37.9 Å². The van der Waals surface area contributed by atoms with Gasteiger partial charge in [0.15, 0.2) is 16.1 Å². The van der Waals surface area contributed by atoms with Crippen molar-refractivity contribution in [3.8, 4) is 142 Å². The molecule has 0 saturated carbocycles. The Morgan fingerprint density at radius 2 is 1.11 bits per heavy atom. The molecule has 0 spiro atoms. The number of aliphatic hydroxyl groups excluding tert-OH is 5. The maximum absolute atomic E-state index is 13.5. The number of nitrogens with one attached hydrogen (secondary N) is 2. The summed E-state index contributed by atoms with van der Waals surface area (Å²) in [4.78, 5) is 28.0. The standard InChI is InChI=1S/C65H67N3O11S/c1-5-7-9-11-13-15-17-19-20-21-22-23-24-25-26-27-28-29-31-33-35-37-39-47-60(71)67-54(61(72)56(69)45-38-36-34-32-30-18-16-14-12-10-8-6-2)51-78-65-64(75)63(74)62(73)57(79-65)50-66-59(70)48-49-80(76,77)58-46-41-42-52-53(58)43-40-44-55(52)68(3)4/h40-44,46,54,56-57,61-65,69,72-75H,6,8,10,12,14,16,18,30,32,34,36,38,45,48-51H2,1-4H3,(H,66,70)(H,67,71)/t54-,56+,57?,61-,62?,63?,64?,65?/m0/s1. The minimum absolute atomic E-state index is 0.0742. The van der Waals surface area contributed by atoms with E-state index in [1.807, 2.05) is 31.1 Å². The molecule has 0 radical (unpaired) electrons. The van der Waals surface area contributed by atoms with Gasteiger partial charge in [-0.3, -0.25) is 9.59 Å². The molecule has 80 heavy (non-hydrogen) atoms. The second kappa shape index (κ2) is 39.2. The molecule has 8 atom stereocenters. The van der Waals surface area contributed by atoms with Crippen LogP contribution >= 0.6 is 0 Å². The fourth-order valence-electron chi connectivity index (χ4n) is 7.83. The number of fused-ring (bicyclic) bond motifs is 1. The zero-order chi connectivity index (χ0) is 58.2. The largest absolute Gasteiger partial charge is 0.390 e. The van der Waals surface area contributed by atoms with E-state index < -0.39 is 95.9 Å². The number of benzene rings is 2. The van der Waals surface area contributed by atoms with Crippen molar-refractivity contribution in [2.45, 2.75) is 158 Å². The van der Waals surface area contributed by atoms with E-state index in [-0.39, 0.29) is 11.3 Å². The van der Waals surface area contributed by atoms with E-state index in [9.17, 15) is 43.5 Å². The van der Waals surface area contributed by atoms with Crippen LogP contribution in [-0.2, 0) is 28.9 Å². The van der Waals surface area contributed by atoms with Crippen molar-refractivity contribution in [2.24, 2.45) is 0 Å². The number of carbonyl (C=O) groups excluding carboxylic acids is 2. The maximum atomic E-state index is 13.5. The Bertz CT molecular complexity index is 3340. The molecule has 0 bridgehead atoms. The van der Waals surface area contributed by atoms with Crippen molar-refractivity contribution in [3.05, 3.63) is 36.4 Å². The number of aliphatic hydroxyl groups is 5. The average Bonchev–Trinajstić information content (AvgIpc) is 3.45. The third kappa shape index (κ3) is 26.0. The van der Waals surface area contributed by atoms with Crippen molar-refractivity contribution in [1.82, 2.24) is 10.6 Å². The first-order valence-corrected chi connectivity index (χ1v) is 28.0. The maximum Gasteiger partial charge on any atom is 0.297 e. The van der Waals surface area contributed by atoms with E-state index in [4.69, 9.17) is 9.47 Å². The monoisotopic (exact) mass is 1100 g/mol. The molecule has 1 aliphatic heterocycles. The molecular weight excluding hydrogens is 1030 g/mol. The highest BCUT2D eigenvalue weighted by atomic mass is 32.2. The molecule has 2 amide bonds. The van der Waals surface area contributed by atoms with Crippen LogP contribution < -0.4 is 15.5 Å². The molecule has 0 aliphatic carbocycles. The molecule has 1 saturated heterocycles. The summed E-state index contributed by atoms with van der Waals surface area (Å²) in [6.45, 7) is 2.87. The van der Waals surface area contributed by atoms with Crippen LogP contribution in [-0.4, -0.2) is 128 Å². The van der Waals surface area contributed by atoms with Crippen LogP contribution in [0.25, 0.3) is 10.8 Å². The molecule has 0 aromatic heterocycles. The lowest BCUT2D eigenvalue weighted by molar-refractivity contribution is -0.297. The van der Waals surface area contributed by atoms with Crippen LogP contribution in [0.2, 0.25) is 0 Å². The Labute approximate surface area is 473 Å². The Morgan fingerprint density at radius 3 is 1.62 bits per heavy atom. The van der Waals surface area contributed by atoms with Crippen molar-refractivity contribution < 1.29 is 53.0 Å². The van der Waals surface area contributed by atoms with Gasteiger partial charge in [0.25, 0.3) is 5.91 Å². The second-order valence-electron chi connectivity index (χ2n) is 18.2. The van der Waals surface area contributed by atoms with Gasteiger partial charge in [-0.25, -0.2) is 8.42 Å². The van der Waals surface area contributed by atoms with Crippen LogP contribution in [0.5, 0.6) is 0 Å². The summed E-state index contributed by atoms with van der Waals surface area (Å²) < 4.78 is 38.6. The van der Waals surface area contributed by atoms with E-state index in [2.05, 4.69) is 160 Å². The summed E-state index contributed by atoms with van der Waals surface area (Å²) in [6, 6.07) is 8.94. The normalized spacial score (nSPS) is 16.4. The molecule has 2 aromatic carbocycles. The molecule has 414 valence electrons. The van der Waals surface area contributed by atoms with Gasteiger partial charge in [-0.2, -0.15) is 0 Å². The van der Waals surface area contributed by atoms with E-state index >= 15 is 0 Å². The molecule has 2 aromatic rings. The zero-order valence-corrected chi connectivity index (χ0v) is 46.5. The molecular formula is C65H67N3O11S. The highest BCUT2D eigenvalue weighted by Gasteiger charge is 2.45. The van der Waals surface area contributed by atoms with Crippen LogP contribution in [0.15, 0.2) is 41.3 Å². The summed E-state index contributed by atoms with van der Waals surface area (Å²) in [6.07, 6.45) is 1.72. The number of sulfone groups is 1. The lowest BCUT2D eigenvalue weighted by Crippen LogP contribution is -2.61. The number of carbonyl (C=O) groups is 2. The average molecular weight is 1100 g/mol. The summed E-state index contributed by atoms with van der Waals surface area (Å²) in [5.41, 5.74) is 0.825. The molecule has 15 heteroatoms. The van der Waals surface area contributed by atoms with Crippen molar-refractivity contribution in [1.29, 1.82) is 0 Å². The van der Waals surface area contributed by atoms with Crippen LogP contribution in [0.3, 0.4) is 0 Å². The van der Waals surface area contributed by atoms with E-state index in [1.54, 1.807) is 25.1 Å². The van der Waals surface area contributed by atoms with Gasteiger partial charge in [-0.1, -0.05) is 114 Å². The number of hydrogen-bond acceptors (Lipinski definition) is 12. The molecule has 1 fully saturated rings. The first-order chi connectivity index (χ1) is 38.7. The SMILES string of the molecule is CC#CC#CC#CC#CC#CC#CC#CC#CC#CC#CC#CC#CC(=O)N[C@@H](COC1OC(CNC(=O)CCS(=O)(=O)c2cccc3c(N(C)C)cccc23)C(O)C(O)C1O)[C@H](O)[C@H](O)CCCCCCCCCCCCCC. The first-order valence-electron chi connectivity index (χ1n) is 26.3.